The molecular weight excluding hydrogens is 324 g/mol. The van der Waals surface area contributed by atoms with Crippen molar-refractivity contribution >= 4 is 46.2 Å². The van der Waals surface area contributed by atoms with Crippen LogP contribution >= 0.6 is 11.6 Å². The highest BCUT2D eigenvalue weighted by Gasteiger charge is 2.16. The van der Waals surface area contributed by atoms with Crippen molar-refractivity contribution < 1.29 is 14.5 Å². The number of nitro benzene ring substituents is 1. The molecule has 0 fully saturated rings. The minimum absolute atomic E-state index is 0.134. The quantitative estimate of drug-likeness (QED) is 0.344. The average molecular weight is 335 g/mol. The first kappa shape index (κ1) is 16.2. The Hall–Kier alpha value is -3.13. The number of carbonyl (C=O) groups is 2. The van der Waals surface area contributed by atoms with Crippen molar-refractivity contribution in [2.45, 2.75) is 0 Å². The molecule has 0 saturated heterocycles. The topological polar surface area (TPSA) is 127 Å². The van der Waals surface area contributed by atoms with Crippen molar-refractivity contribution in [3.63, 3.8) is 0 Å². The van der Waals surface area contributed by atoms with Crippen molar-refractivity contribution in [1.29, 1.82) is 0 Å². The molecule has 23 heavy (non-hydrogen) atoms. The molecule has 0 spiro atoms. The summed E-state index contributed by atoms with van der Waals surface area (Å²) in [4.78, 5) is 33.7. The summed E-state index contributed by atoms with van der Waals surface area (Å²) in [5.41, 5.74) is 6.11. The summed E-state index contributed by atoms with van der Waals surface area (Å²) in [6.07, 6.45) is 0. The molecule has 2 aromatic carbocycles. The van der Waals surface area contributed by atoms with Crippen LogP contribution in [0, 0.1) is 10.1 Å². The van der Waals surface area contributed by atoms with Crippen LogP contribution < -0.4 is 16.4 Å². The SMILES string of the molecule is Nc1ccc(NC(=O)C(=O)Nc2cccc([N+](=O)[O-])c2)cc1Cl. The zero-order chi connectivity index (χ0) is 17.0. The van der Waals surface area contributed by atoms with E-state index in [2.05, 4.69) is 10.6 Å². The third kappa shape index (κ3) is 4.17. The third-order valence-corrected chi connectivity index (χ3v) is 3.11. The molecule has 118 valence electrons. The van der Waals surface area contributed by atoms with E-state index in [0.717, 1.165) is 6.07 Å². The first-order valence-corrected chi connectivity index (χ1v) is 6.66. The number of nitrogen functional groups attached to an aromatic ring is 1. The standard InChI is InChI=1S/C14H11ClN4O4/c15-11-7-9(4-5-12(11)16)18-14(21)13(20)17-8-2-1-3-10(6-8)19(22)23/h1-7H,16H2,(H,17,20)(H,18,21). The highest BCUT2D eigenvalue weighted by molar-refractivity contribution is 6.43. The largest absolute Gasteiger partial charge is 0.398 e. The number of benzene rings is 2. The Bertz CT molecular complexity index is 794. The maximum Gasteiger partial charge on any atom is 0.314 e. The maximum absolute atomic E-state index is 11.8. The van der Waals surface area contributed by atoms with Crippen LogP contribution in [0.5, 0.6) is 0 Å². The molecule has 0 heterocycles. The molecule has 0 bridgehead atoms. The molecule has 0 aromatic heterocycles. The Kier molecular flexibility index (Phi) is 4.77. The van der Waals surface area contributed by atoms with Gasteiger partial charge in [0.15, 0.2) is 0 Å². The predicted octanol–water partition coefficient (Wildman–Crippen LogP) is 2.41. The maximum atomic E-state index is 11.8. The zero-order valence-electron chi connectivity index (χ0n) is 11.6. The fourth-order valence-corrected chi connectivity index (χ4v) is 1.86. The summed E-state index contributed by atoms with van der Waals surface area (Å²) in [6, 6.07) is 9.60. The lowest BCUT2D eigenvalue weighted by Crippen LogP contribution is -2.29. The molecule has 0 unspecified atom stereocenters. The van der Waals surface area contributed by atoms with Crippen LogP contribution in [0.1, 0.15) is 0 Å². The van der Waals surface area contributed by atoms with Gasteiger partial charge in [0.25, 0.3) is 5.69 Å². The van der Waals surface area contributed by atoms with Crippen LogP contribution in [0.3, 0.4) is 0 Å². The highest BCUT2D eigenvalue weighted by atomic mass is 35.5. The lowest BCUT2D eigenvalue weighted by atomic mass is 10.2. The lowest BCUT2D eigenvalue weighted by molar-refractivity contribution is -0.384. The van der Waals surface area contributed by atoms with Crippen molar-refractivity contribution in [2.75, 3.05) is 16.4 Å². The number of anilines is 3. The highest BCUT2D eigenvalue weighted by Crippen LogP contribution is 2.22. The van der Waals surface area contributed by atoms with Gasteiger partial charge >= 0.3 is 11.8 Å². The Morgan fingerprint density at radius 1 is 1.04 bits per heavy atom. The van der Waals surface area contributed by atoms with Crippen molar-refractivity contribution in [3.8, 4) is 0 Å². The summed E-state index contributed by atoms with van der Waals surface area (Å²) < 4.78 is 0. The molecule has 0 aliphatic carbocycles. The van der Waals surface area contributed by atoms with Gasteiger partial charge in [-0.25, -0.2) is 0 Å². The molecule has 0 saturated carbocycles. The van der Waals surface area contributed by atoms with Crippen LogP contribution in [0.4, 0.5) is 22.7 Å². The molecule has 0 radical (unpaired) electrons. The minimum atomic E-state index is -0.974. The zero-order valence-corrected chi connectivity index (χ0v) is 12.3. The van der Waals surface area contributed by atoms with Gasteiger partial charge in [0, 0.05) is 23.5 Å². The van der Waals surface area contributed by atoms with E-state index in [1.165, 1.54) is 36.4 Å². The van der Waals surface area contributed by atoms with Gasteiger partial charge in [-0.05, 0) is 24.3 Å². The molecule has 0 atom stereocenters. The average Bonchev–Trinajstić information content (AvgIpc) is 2.51. The number of hydrogen-bond donors (Lipinski definition) is 3. The second-order valence-corrected chi connectivity index (χ2v) is 4.86. The fourth-order valence-electron chi connectivity index (χ4n) is 1.68. The monoisotopic (exact) mass is 334 g/mol. The molecule has 2 aromatic rings. The molecular formula is C14H11ClN4O4. The van der Waals surface area contributed by atoms with Crippen molar-refractivity contribution in [3.05, 3.63) is 57.6 Å². The van der Waals surface area contributed by atoms with Gasteiger partial charge in [0.1, 0.15) is 0 Å². The van der Waals surface area contributed by atoms with Crippen LogP contribution in [-0.4, -0.2) is 16.7 Å². The molecule has 0 aliphatic heterocycles. The van der Waals surface area contributed by atoms with Crippen LogP contribution in [-0.2, 0) is 9.59 Å². The molecule has 0 aliphatic rings. The van der Waals surface area contributed by atoms with Gasteiger partial charge in [-0.15, -0.1) is 0 Å². The number of hydrogen-bond acceptors (Lipinski definition) is 5. The summed E-state index contributed by atoms with van der Waals surface area (Å²) in [5, 5.41) is 15.5. The lowest BCUT2D eigenvalue weighted by Gasteiger charge is -2.07. The number of nitro groups is 1. The van der Waals surface area contributed by atoms with Crippen molar-refractivity contribution in [2.24, 2.45) is 0 Å². The first-order valence-electron chi connectivity index (χ1n) is 6.28. The normalized spacial score (nSPS) is 9.96. The number of carbonyl (C=O) groups excluding carboxylic acids is 2. The summed E-state index contributed by atoms with van der Waals surface area (Å²) in [6.45, 7) is 0. The Balaban J connectivity index is 2.05. The predicted molar refractivity (Wildman–Crippen MR) is 86.2 cm³/mol. The van der Waals surface area contributed by atoms with Gasteiger partial charge < -0.3 is 16.4 Å². The number of nitrogens with zero attached hydrogens (tertiary/aromatic N) is 1. The Labute approximate surface area is 135 Å². The summed E-state index contributed by atoms with van der Waals surface area (Å²) in [7, 11) is 0. The van der Waals surface area contributed by atoms with Gasteiger partial charge in [-0.2, -0.15) is 0 Å². The Morgan fingerprint density at radius 3 is 2.22 bits per heavy atom. The van der Waals surface area contributed by atoms with Crippen molar-refractivity contribution in [1.82, 2.24) is 0 Å². The van der Waals surface area contributed by atoms with Crippen LogP contribution in [0.15, 0.2) is 42.5 Å². The van der Waals surface area contributed by atoms with E-state index in [1.807, 2.05) is 0 Å². The number of rotatable bonds is 3. The van der Waals surface area contributed by atoms with E-state index in [1.54, 1.807) is 0 Å². The molecule has 4 N–H and O–H groups in total. The van der Waals surface area contributed by atoms with E-state index in [9.17, 15) is 19.7 Å². The van der Waals surface area contributed by atoms with E-state index in [4.69, 9.17) is 17.3 Å². The molecule has 9 heteroatoms. The third-order valence-electron chi connectivity index (χ3n) is 2.78. The van der Waals surface area contributed by atoms with E-state index >= 15 is 0 Å². The molecule has 8 nitrogen and oxygen atoms in total. The minimum Gasteiger partial charge on any atom is -0.398 e. The number of non-ortho nitro benzene ring substituents is 1. The van der Waals surface area contributed by atoms with E-state index in [0.29, 0.717) is 11.4 Å². The van der Waals surface area contributed by atoms with E-state index < -0.39 is 16.7 Å². The van der Waals surface area contributed by atoms with Gasteiger partial charge in [0.05, 0.1) is 15.6 Å². The number of halogens is 1. The summed E-state index contributed by atoms with van der Waals surface area (Å²) >= 11 is 5.81. The second-order valence-electron chi connectivity index (χ2n) is 4.45. The Morgan fingerprint density at radius 2 is 1.65 bits per heavy atom. The summed E-state index contributed by atoms with van der Waals surface area (Å²) in [5.74, 6) is -1.92. The molecule has 2 amide bonds. The number of amides is 2. The van der Waals surface area contributed by atoms with Gasteiger partial charge in [-0.3, -0.25) is 19.7 Å². The smallest absolute Gasteiger partial charge is 0.314 e. The second kappa shape index (κ2) is 6.75. The van der Waals surface area contributed by atoms with Crippen LogP contribution in [0.2, 0.25) is 5.02 Å². The van der Waals surface area contributed by atoms with E-state index in [-0.39, 0.29) is 16.4 Å². The number of nitrogens with two attached hydrogens (primary N) is 1. The van der Waals surface area contributed by atoms with Crippen LogP contribution in [0.25, 0.3) is 0 Å². The number of nitrogens with one attached hydrogen (secondary N) is 2. The van der Waals surface area contributed by atoms with Gasteiger partial charge in [-0.1, -0.05) is 17.7 Å². The molecule has 2 rings (SSSR count). The fraction of sp³-hybridized carbons (Fsp3) is 0. The van der Waals surface area contributed by atoms with Gasteiger partial charge in [0.2, 0.25) is 0 Å². The first-order chi connectivity index (χ1) is 10.9.